The summed E-state index contributed by atoms with van der Waals surface area (Å²) in [5.74, 6) is -1.84. The predicted molar refractivity (Wildman–Crippen MR) is 114 cm³/mol. The van der Waals surface area contributed by atoms with Gasteiger partial charge >= 0.3 is 12.4 Å². The molecule has 4 rings (SSSR count). The fourth-order valence-electron chi connectivity index (χ4n) is 3.79. The summed E-state index contributed by atoms with van der Waals surface area (Å²) in [7, 11) is -5.15. The summed E-state index contributed by atoms with van der Waals surface area (Å²) in [6, 6.07) is 6.32. The normalized spacial score (nSPS) is 13.9. The number of rotatable bonds is 3. The largest absolute Gasteiger partial charge is 0.416 e. The number of nitrogens with two attached hydrogens (primary N) is 1. The lowest BCUT2D eigenvalue weighted by atomic mass is 9.82. The summed E-state index contributed by atoms with van der Waals surface area (Å²) in [6.45, 7) is 0. The monoisotopic (exact) mass is 530 g/mol. The molecule has 0 fully saturated rings. The Balaban J connectivity index is 2.01. The van der Waals surface area contributed by atoms with Crippen molar-refractivity contribution < 1.29 is 48.9 Å². The first kappa shape index (κ1) is 25.2. The van der Waals surface area contributed by atoms with Gasteiger partial charge in [0.15, 0.2) is 11.6 Å². The maximum absolute atomic E-state index is 13.3. The van der Waals surface area contributed by atoms with Gasteiger partial charge in [0.05, 0.1) is 33.6 Å². The van der Waals surface area contributed by atoms with Crippen molar-refractivity contribution in [3.63, 3.8) is 0 Å². The van der Waals surface area contributed by atoms with Crippen LogP contribution in [0.4, 0.5) is 43.4 Å². The second-order valence-electron chi connectivity index (χ2n) is 7.68. The SMILES string of the molecule is Nc1c(S(=O)(=O)O)cc(Nc2cc(C(F)(F)F)cc(C(F)(F)F)c2)c2c1C(=O)c1ccccc1C2=O. The minimum atomic E-state index is -5.19. The van der Waals surface area contributed by atoms with E-state index in [2.05, 4.69) is 5.32 Å². The van der Waals surface area contributed by atoms with Crippen molar-refractivity contribution in [1.29, 1.82) is 0 Å². The molecule has 0 atom stereocenters. The van der Waals surface area contributed by atoms with E-state index in [-0.39, 0.29) is 17.2 Å². The molecular weight excluding hydrogens is 518 g/mol. The summed E-state index contributed by atoms with van der Waals surface area (Å²) in [6.07, 6.45) is -10.4. The van der Waals surface area contributed by atoms with Crippen molar-refractivity contribution >= 4 is 38.7 Å². The third kappa shape index (κ3) is 4.28. The average Bonchev–Trinajstić information content (AvgIpc) is 2.76. The van der Waals surface area contributed by atoms with Gasteiger partial charge in [0.1, 0.15) is 4.90 Å². The highest BCUT2D eigenvalue weighted by Gasteiger charge is 2.39. The number of nitrogens with one attached hydrogen (secondary N) is 1. The molecule has 0 amide bonds. The molecular formula is C22H12F6N2O5S. The van der Waals surface area contributed by atoms with Gasteiger partial charge in [0.25, 0.3) is 10.1 Å². The zero-order chi connectivity index (χ0) is 26.8. The minimum Gasteiger partial charge on any atom is -0.397 e. The van der Waals surface area contributed by atoms with E-state index in [1.165, 1.54) is 24.3 Å². The molecule has 7 nitrogen and oxygen atoms in total. The Hall–Kier alpha value is -3.91. The average molecular weight is 530 g/mol. The van der Waals surface area contributed by atoms with Gasteiger partial charge in [-0.3, -0.25) is 14.1 Å². The summed E-state index contributed by atoms with van der Waals surface area (Å²) in [4.78, 5) is 25.2. The van der Waals surface area contributed by atoms with Gasteiger partial charge in [-0.1, -0.05) is 24.3 Å². The van der Waals surface area contributed by atoms with E-state index < -0.39 is 78.2 Å². The Morgan fingerprint density at radius 1 is 0.778 bits per heavy atom. The molecule has 1 aliphatic carbocycles. The first-order chi connectivity index (χ1) is 16.5. The van der Waals surface area contributed by atoms with Crippen LogP contribution in [0.1, 0.15) is 43.0 Å². The Bertz CT molecular complexity index is 1530. The highest BCUT2D eigenvalue weighted by molar-refractivity contribution is 7.86. The maximum Gasteiger partial charge on any atom is 0.416 e. The molecule has 4 N–H and O–H groups in total. The lowest BCUT2D eigenvalue weighted by Gasteiger charge is -2.24. The number of ketones is 2. The van der Waals surface area contributed by atoms with Crippen LogP contribution in [0.25, 0.3) is 0 Å². The van der Waals surface area contributed by atoms with Crippen molar-refractivity contribution in [3.8, 4) is 0 Å². The van der Waals surface area contributed by atoms with Crippen molar-refractivity contribution in [1.82, 2.24) is 0 Å². The minimum absolute atomic E-state index is 0.127. The molecule has 0 bridgehead atoms. The number of hydrogen-bond acceptors (Lipinski definition) is 6. The summed E-state index contributed by atoms with van der Waals surface area (Å²) >= 11 is 0. The molecule has 3 aromatic carbocycles. The zero-order valence-electron chi connectivity index (χ0n) is 17.5. The van der Waals surface area contributed by atoms with Gasteiger partial charge in [0.2, 0.25) is 0 Å². The molecule has 0 saturated carbocycles. The van der Waals surface area contributed by atoms with Gasteiger partial charge in [-0.25, -0.2) is 0 Å². The van der Waals surface area contributed by atoms with Crippen LogP contribution in [0, 0.1) is 0 Å². The number of nitrogen functional groups attached to an aromatic ring is 1. The molecule has 3 aromatic rings. The molecule has 0 aromatic heterocycles. The smallest absolute Gasteiger partial charge is 0.397 e. The zero-order valence-corrected chi connectivity index (χ0v) is 18.3. The highest BCUT2D eigenvalue weighted by atomic mass is 32.2. The molecule has 36 heavy (non-hydrogen) atoms. The summed E-state index contributed by atoms with van der Waals surface area (Å²) in [5.41, 5.74) is -1.49. The molecule has 0 spiro atoms. The van der Waals surface area contributed by atoms with Crippen LogP contribution in [0.3, 0.4) is 0 Å². The molecule has 188 valence electrons. The maximum atomic E-state index is 13.3. The number of halogens is 6. The first-order valence-electron chi connectivity index (χ1n) is 9.69. The standard InChI is InChI=1S/C22H12F6N2O5S/c23-21(24,25)9-5-10(22(26,27)28)7-11(6-9)30-14-8-15(36(33,34)35)18(29)17-16(14)19(31)12-3-1-2-4-13(12)20(17)32/h1-8,30H,29H2,(H,33,34,35). The second kappa shape index (κ2) is 8.06. The van der Waals surface area contributed by atoms with Gasteiger partial charge in [-0.2, -0.15) is 34.8 Å². The van der Waals surface area contributed by atoms with Crippen molar-refractivity contribution in [2.75, 3.05) is 11.1 Å². The third-order valence-electron chi connectivity index (χ3n) is 5.34. The number of anilines is 3. The molecule has 0 heterocycles. The fraction of sp³-hybridized carbons (Fsp3) is 0.0909. The topological polar surface area (TPSA) is 127 Å². The van der Waals surface area contributed by atoms with E-state index in [9.17, 15) is 48.9 Å². The lowest BCUT2D eigenvalue weighted by Crippen LogP contribution is -2.25. The van der Waals surface area contributed by atoms with Crippen LogP contribution in [0.2, 0.25) is 0 Å². The van der Waals surface area contributed by atoms with Crippen LogP contribution < -0.4 is 11.1 Å². The van der Waals surface area contributed by atoms with Crippen molar-refractivity contribution in [3.05, 3.63) is 81.9 Å². The van der Waals surface area contributed by atoms with Crippen LogP contribution in [0.15, 0.2) is 53.4 Å². The Morgan fingerprint density at radius 2 is 1.25 bits per heavy atom. The number of alkyl halides is 6. The second-order valence-corrected chi connectivity index (χ2v) is 9.07. The van der Waals surface area contributed by atoms with Gasteiger partial charge in [0, 0.05) is 16.8 Å². The number of carbonyl (C=O) groups excluding carboxylic acids is 2. The highest BCUT2D eigenvalue weighted by Crippen LogP contribution is 2.42. The third-order valence-corrected chi connectivity index (χ3v) is 6.24. The van der Waals surface area contributed by atoms with Crippen molar-refractivity contribution in [2.45, 2.75) is 17.2 Å². The van der Waals surface area contributed by atoms with Crippen LogP contribution in [0.5, 0.6) is 0 Å². The van der Waals surface area contributed by atoms with Crippen LogP contribution >= 0.6 is 0 Å². The van der Waals surface area contributed by atoms with E-state index >= 15 is 0 Å². The van der Waals surface area contributed by atoms with Gasteiger partial charge in [-0.15, -0.1) is 0 Å². The van der Waals surface area contributed by atoms with Gasteiger partial charge < -0.3 is 11.1 Å². The summed E-state index contributed by atoms with van der Waals surface area (Å²) in [5, 5.41) is 2.17. The molecule has 14 heteroatoms. The number of fused-ring (bicyclic) bond motifs is 2. The van der Waals surface area contributed by atoms with E-state index in [1.54, 1.807) is 0 Å². The van der Waals surface area contributed by atoms with E-state index in [4.69, 9.17) is 5.73 Å². The Morgan fingerprint density at radius 3 is 1.69 bits per heavy atom. The van der Waals surface area contributed by atoms with Crippen LogP contribution in [-0.4, -0.2) is 24.5 Å². The quantitative estimate of drug-likeness (QED) is 0.192. The van der Waals surface area contributed by atoms with E-state index in [0.717, 1.165) is 0 Å². The molecule has 0 unspecified atom stereocenters. The lowest BCUT2D eigenvalue weighted by molar-refractivity contribution is -0.143. The van der Waals surface area contributed by atoms with E-state index in [0.29, 0.717) is 18.2 Å². The molecule has 0 saturated heterocycles. The van der Waals surface area contributed by atoms with Crippen molar-refractivity contribution in [2.24, 2.45) is 0 Å². The van der Waals surface area contributed by atoms with Gasteiger partial charge in [-0.05, 0) is 24.3 Å². The molecule has 0 aliphatic heterocycles. The molecule has 1 aliphatic rings. The Kier molecular flexibility index (Phi) is 5.64. The first-order valence-corrected chi connectivity index (χ1v) is 11.1. The number of carbonyl (C=O) groups is 2. The fourth-order valence-corrected chi connectivity index (χ4v) is 4.44. The predicted octanol–water partition coefficient (Wildman–Crippen LogP) is 5.07. The number of benzene rings is 3. The molecule has 0 radical (unpaired) electrons. The van der Waals surface area contributed by atoms with Crippen LogP contribution in [-0.2, 0) is 22.5 Å². The Labute approximate surface area is 198 Å². The number of hydrogen-bond donors (Lipinski definition) is 3. The summed E-state index contributed by atoms with van der Waals surface area (Å²) < 4.78 is 113. The van der Waals surface area contributed by atoms with E-state index in [1.807, 2.05) is 0 Å².